The zero-order chi connectivity index (χ0) is 11.4. The Morgan fingerprint density at radius 3 is 2.44 bits per heavy atom. The number of benzene rings is 1. The predicted octanol–water partition coefficient (Wildman–Crippen LogP) is 3.01. The van der Waals surface area contributed by atoms with Crippen LogP contribution in [0, 0.1) is 0 Å². The van der Waals surface area contributed by atoms with Gasteiger partial charge in [0, 0.05) is 23.4 Å². The second kappa shape index (κ2) is 5.71. The van der Waals surface area contributed by atoms with E-state index in [2.05, 4.69) is 12.1 Å². The Bertz CT molecular complexity index is 315. The molecule has 0 bridgehead atoms. The first-order valence-corrected chi connectivity index (χ1v) is 6.66. The topological polar surface area (TPSA) is 29.5 Å². The van der Waals surface area contributed by atoms with Gasteiger partial charge in [-0.1, -0.05) is 12.1 Å². The molecular weight excluding hydrogens is 220 g/mol. The van der Waals surface area contributed by atoms with E-state index in [1.54, 1.807) is 6.92 Å². The predicted molar refractivity (Wildman–Crippen MR) is 66.8 cm³/mol. The maximum Gasteiger partial charge on any atom is 0.0761 e. The van der Waals surface area contributed by atoms with Crippen molar-refractivity contribution in [2.24, 2.45) is 0 Å². The van der Waals surface area contributed by atoms with Crippen LogP contribution in [0.3, 0.4) is 0 Å². The fourth-order valence-corrected chi connectivity index (χ4v) is 2.92. The molecule has 1 aliphatic rings. The minimum atomic E-state index is -0.373. The molecule has 0 saturated carbocycles. The van der Waals surface area contributed by atoms with E-state index in [9.17, 15) is 5.11 Å². The highest BCUT2D eigenvalue weighted by Gasteiger charge is 2.14. The van der Waals surface area contributed by atoms with E-state index in [0.29, 0.717) is 5.25 Å². The molecule has 1 aliphatic heterocycles. The van der Waals surface area contributed by atoms with E-state index in [0.717, 1.165) is 31.6 Å². The van der Waals surface area contributed by atoms with Crippen LogP contribution in [0.15, 0.2) is 29.2 Å². The minimum Gasteiger partial charge on any atom is -0.389 e. The molecule has 1 fully saturated rings. The van der Waals surface area contributed by atoms with Gasteiger partial charge in [-0.15, -0.1) is 11.8 Å². The summed E-state index contributed by atoms with van der Waals surface area (Å²) in [7, 11) is 0. The molecule has 0 radical (unpaired) electrons. The van der Waals surface area contributed by atoms with Gasteiger partial charge in [-0.25, -0.2) is 0 Å². The minimum absolute atomic E-state index is 0.373. The molecule has 0 aliphatic carbocycles. The Labute approximate surface area is 101 Å². The first-order chi connectivity index (χ1) is 7.75. The van der Waals surface area contributed by atoms with Crippen LogP contribution in [-0.4, -0.2) is 23.6 Å². The molecule has 1 atom stereocenters. The van der Waals surface area contributed by atoms with Crippen molar-refractivity contribution >= 4 is 11.8 Å². The molecule has 0 amide bonds. The number of ether oxygens (including phenoxy) is 1. The van der Waals surface area contributed by atoms with Crippen molar-refractivity contribution in [2.75, 3.05) is 13.2 Å². The monoisotopic (exact) mass is 238 g/mol. The second-order valence-corrected chi connectivity index (χ2v) is 5.55. The zero-order valence-corrected chi connectivity index (χ0v) is 10.4. The number of hydrogen-bond acceptors (Lipinski definition) is 3. The SMILES string of the molecule is C[C@H](O)c1ccc(SC2CCOCC2)cc1. The summed E-state index contributed by atoms with van der Waals surface area (Å²) in [6.07, 6.45) is 1.91. The van der Waals surface area contributed by atoms with Crippen LogP contribution >= 0.6 is 11.8 Å². The summed E-state index contributed by atoms with van der Waals surface area (Å²) in [6, 6.07) is 8.21. The summed E-state index contributed by atoms with van der Waals surface area (Å²) in [5.41, 5.74) is 0.983. The van der Waals surface area contributed by atoms with Crippen molar-refractivity contribution < 1.29 is 9.84 Å². The van der Waals surface area contributed by atoms with E-state index >= 15 is 0 Å². The van der Waals surface area contributed by atoms with Gasteiger partial charge in [0.1, 0.15) is 0 Å². The standard InChI is InChI=1S/C13H18O2S/c1-10(14)11-2-4-12(5-3-11)16-13-6-8-15-9-7-13/h2-5,10,13-14H,6-9H2,1H3/t10-/m0/s1. The van der Waals surface area contributed by atoms with Crippen LogP contribution in [-0.2, 0) is 4.74 Å². The Balaban J connectivity index is 1.93. The number of hydrogen-bond donors (Lipinski definition) is 1. The number of rotatable bonds is 3. The number of aliphatic hydroxyl groups excluding tert-OH is 1. The Morgan fingerprint density at radius 1 is 1.25 bits per heavy atom. The molecule has 1 aromatic rings. The molecule has 2 nitrogen and oxygen atoms in total. The fraction of sp³-hybridized carbons (Fsp3) is 0.538. The van der Waals surface area contributed by atoms with E-state index in [1.807, 2.05) is 23.9 Å². The maximum atomic E-state index is 9.41. The average molecular weight is 238 g/mol. The van der Waals surface area contributed by atoms with Crippen LogP contribution < -0.4 is 0 Å². The van der Waals surface area contributed by atoms with E-state index in [4.69, 9.17) is 4.74 Å². The van der Waals surface area contributed by atoms with Gasteiger partial charge in [-0.2, -0.15) is 0 Å². The summed E-state index contributed by atoms with van der Waals surface area (Å²) in [6.45, 7) is 3.58. The van der Waals surface area contributed by atoms with Crippen LogP contribution in [0.2, 0.25) is 0 Å². The van der Waals surface area contributed by atoms with Crippen molar-refractivity contribution in [3.8, 4) is 0 Å². The van der Waals surface area contributed by atoms with Crippen LogP contribution in [0.5, 0.6) is 0 Å². The Kier molecular flexibility index (Phi) is 4.27. The number of thioether (sulfide) groups is 1. The molecule has 1 heterocycles. The summed E-state index contributed by atoms with van der Waals surface area (Å²) < 4.78 is 5.34. The fourth-order valence-electron chi connectivity index (χ4n) is 1.81. The molecule has 1 saturated heterocycles. The van der Waals surface area contributed by atoms with Crippen LogP contribution in [0.4, 0.5) is 0 Å². The van der Waals surface area contributed by atoms with Gasteiger partial charge in [0.05, 0.1) is 6.10 Å². The molecule has 88 valence electrons. The lowest BCUT2D eigenvalue weighted by molar-refractivity contribution is 0.100. The van der Waals surface area contributed by atoms with Gasteiger partial charge in [0.25, 0.3) is 0 Å². The van der Waals surface area contributed by atoms with Gasteiger partial charge in [0.2, 0.25) is 0 Å². The number of aliphatic hydroxyl groups is 1. The lowest BCUT2D eigenvalue weighted by Gasteiger charge is -2.21. The van der Waals surface area contributed by atoms with E-state index in [-0.39, 0.29) is 6.10 Å². The highest BCUT2D eigenvalue weighted by Crippen LogP contribution is 2.30. The summed E-state index contributed by atoms with van der Waals surface area (Å²) >= 11 is 1.92. The van der Waals surface area contributed by atoms with Crippen molar-refractivity contribution in [3.63, 3.8) is 0 Å². The van der Waals surface area contributed by atoms with Crippen LogP contribution in [0.25, 0.3) is 0 Å². The second-order valence-electron chi connectivity index (χ2n) is 4.17. The summed E-state index contributed by atoms with van der Waals surface area (Å²) in [5, 5.41) is 10.1. The maximum absolute atomic E-state index is 9.41. The van der Waals surface area contributed by atoms with Crippen LogP contribution in [0.1, 0.15) is 31.4 Å². The largest absolute Gasteiger partial charge is 0.389 e. The first kappa shape index (κ1) is 12.0. The zero-order valence-electron chi connectivity index (χ0n) is 9.56. The van der Waals surface area contributed by atoms with Gasteiger partial charge in [0.15, 0.2) is 0 Å². The van der Waals surface area contributed by atoms with Crippen molar-refractivity contribution in [2.45, 2.75) is 36.0 Å². The normalized spacial score (nSPS) is 19.6. The Hall–Kier alpha value is -0.510. The van der Waals surface area contributed by atoms with Crippen molar-refractivity contribution in [1.82, 2.24) is 0 Å². The van der Waals surface area contributed by atoms with Gasteiger partial charge in [-0.05, 0) is 37.5 Å². The third kappa shape index (κ3) is 3.24. The van der Waals surface area contributed by atoms with Crippen molar-refractivity contribution in [3.05, 3.63) is 29.8 Å². The lowest BCUT2D eigenvalue weighted by Crippen LogP contribution is -2.17. The molecular formula is C13H18O2S. The molecule has 1 N–H and O–H groups in total. The molecule has 0 unspecified atom stereocenters. The molecule has 3 heteroatoms. The average Bonchev–Trinajstić information content (AvgIpc) is 2.31. The third-order valence-corrected chi connectivity index (χ3v) is 4.18. The van der Waals surface area contributed by atoms with Gasteiger partial charge < -0.3 is 9.84 Å². The van der Waals surface area contributed by atoms with Crippen molar-refractivity contribution in [1.29, 1.82) is 0 Å². The smallest absolute Gasteiger partial charge is 0.0761 e. The van der Waals surface area contributed by atoms with E-state index < -0.39 is 0 Å². The molecule has 16 heavy (non-hydrogen) atoms. The molecule has 1 aromatic carbocycles. The summed E-state index contributed by atoms with van der Waals surface area (Å²) in [5.74, 6) is 0. The quantitative estimate of drug-likeness (QED) is 0.877. The third-order valence-electron chi connectivity index (χ3n) is 2.83. The first-order valence-electron chi connectivity index (χ1n) is 5.78. The van der Waals surface area contributed by atoms with Gasteiger partial charge >= 0.3 is 0 Å². The van der Waals surface area contributed by atoms with E-state index in [1.165, 1.54) is 4.90 Å². The molecule has 0 aromatic heterocycles. The Morgan fingerprint density at radius 2 is 1.88 bits per heavy atom. The molecule has 0 spiro atoms. The molecule has 2 rings (SSSR count). The lowest BCUT2D eigenvalue weighted by atomic mass is 10.1. The van der Waals surface area contributed by atoms with Gasteiger partial charge in [-0.3, -0.25) is 0 Å². The highest BCUT2D eigenvalue weighted by atomic mass is 32.2. The summed E-state index contributed by atoms with van der Waals surface area (Å²) in [4.78, 5) is 1.29. The highest BCUT2D eigenvalue weighted by molar-refractivity contribution is 8.00.